The van der Waals surface area contributed by atoms with Gasteiger partial charge in [-0.1, -0.05) is 11.6 Å². The number of benzene rings is 1. The number of rotatable bonds is 5. The molecule has 1 fully saturated rings. The average Bonchev–Trinajstić information content (AvgIpc) is 2.87. The molecule has 18 heavy (non-hydrogen) atoms. The van der Waals surface area contributed by atoms with Gasteiger partial charge in [-0.15, -0.1) is 0 Å². The Morgan fingerprint density at radius 1 is 1.39 bits per heavy atom. The molecule has 100 valence electrons. The molecule has 1 aliphatic heterocycles. The Kier molecular flexibility index (Phi) is 4.87. The normalized spacial score (nSPS) is 17.9. The molecule has 2 rings (SSSR count). The summed E-state index contributed by atoms with van der Waals surface area (Å²) in [5.41, 5.74) is 7.08. The fourth-order valence-corrected chi connectivity index (χ4v) is 2.77. The van der Waals surface area contributed by atoms with Crippen molar-refractivity contribution in [3.05, 3.63) is 28.8 Å². The van der Waals surface area contributed by atoms with E-state index < -0.39 is 0 Å². The summed E-state index contributed by atoms with van der Waals surface area (Å²) in [5, 5.41) is 0.742. The molecule has 0 radical (unpaired) electrons. The van der Waals surface area contributed by atoms with Gasteiger partial charge in [0.2, 0.25) is 0 Å². The molecule has 0 saturated carbocycles. The Bertz CT molecular complexity index is 391. The average molecular weight is 269 g/mol. The standard InChI is InChI=1S/C14H21ClN2O/c1-2-18-14-6-5-11(15)9-12(14)13(10-16)17-7-3-4-8-17/h5-6,9,13H,2-4,7-8,10,16H2,1H3. The largest absolute Gasteiger partial charge is 0.494 e. The molecule has 1 aromatic carbocycles. The van der Waals surface area contributed by atoms with Crippen LogP contribution in [0, 0.1) is 0 Å². The van der Waals surface area contributed by atoms with E-state index in [0.29, 0.717) is 13.2 Å². The van der Waals surface area contributed by atoms with E-state index in [2.05, 4.69) is 4.90 Å². The number of nitrogens with zero attached hydrogens (tertiary/aromatic N) is 1. The van der Waals surface area contributed by atoms with Crippen molar-refractivity contribution in [1.29, 1.82) is 0 Å². The summed E-state index contributed by atoms with van der Waals surface area (Å²) in [6.07, 6.45) is 2.50. The fourth-order valence-electron chi connectivity index (χ4n) is 2.59. The molecule has 3 nitrogen and oxygen atoms in total. The van der Waals surface area contributed by atoms with Crippen molar-refractivity contribution in [3.63, 3.8) is 0 Å². The highest BCUT2D eigenvalue weighted by Crippen LogP contribution is 2.33. The first-order valence-electron chi connectivity index (χ1n) is 6.62. The molecule has 1 heterocycles. The highest BCUT2D eigenvalue weighted by Gasteiger charge is 2.25. The van der Waals surface area contributed by atoms with E-state index >= 15 is 0 Å². The van der Waals surface area contributed by atoms with Gasteiger partial charge in [-0.2, -0.15) is 0 Å². The van der Waals surface area contributed by atoms with Gasteiger partial charge in [0.05, 0.1) is 12.6 Å². The molecular formula is C14H21ClN2O. The first-order chi connectivity index (χ1) is 8.76. The Hall–Kier alpha value is -0.770. The zero-order valence-corrected chi connectivity index (χ0v) is 11.6. The van der Waals surface area contributed by atoms with Gasteiger partial charge in [0.1, 0.15) is 5.75 Å². The third-order valence-electron chi connectivity index (χ3n) is 3.44. The number of nitrogens with two attached hydrogens (primary N) is 1. The summed E-state index contributed by atoms with van der Waals surface area (Å²) in [6.45, 7) is 5.47. The first kappa shape index (κ1) is 13.7. The minimum atomic E-state index is 0.216. The lowest BCUT2D eigenvalue weighted by Crippen LogP contribution is -2.31. The Balaban J connectivity index is 2.29. The first-order valence-corrected chi connectivity index (χ1v) is 7.00. The van der Waals surface area contributed by atoms with Crippen LogP contribution in [0.3, 0.4) is 0 Å². The minimum Gasteiger partial charge on any atom is -0.494 e. The van der Waals surface area contributed by atoms with E-state index in [1.54, 1.807) is 0 Å². The van der Waals surface area contributed by atoms with Crippen LogP contribution in [-0.4, -0.2) is 31.1 Å². The molecule has 0 aliphatic carbocycles. The maximum absolute atomic E-state index is 6.11. The summed E-state index contributed by atoms with van der Waals surface area (Å²) in [7, 11) is 0. The summed E-state index contributed by atoms with van der Waals surface area (Å²) in [5.74, 6) is 0.907. The Labute approximate surface area is 114 Å². The molecule has 0 spiro atoms. The summed E-state index contributed by atoms with van der Waals surface area (Å²) >= 11 is 6.11. The van der Waals surface area contributed by atoms with Crippen molar-refractivity contribution in [2.24, 2.45) is 5.73 Å². The molecule has 0 bridgehead atoms. The second-order valence-electron chi connectivity index (χ2n) is 4.61. The molecule has 0 aromatic heterocycles. The Morgan fingerprint density at radius 2 is 2.11 bits per heavy atom. The maximum Gasteiger partial charge on any atom is 0.124 e. The van der Waals surface area contributed by atoms with Crippen LogP contribution in [0.1, 0.15) is 31.4 Å². The van der Waals surface area contributed by atoms with Gasteiger partial charge in [-0.3, -0.25) is 4.90 Å². The number of likely N-dealkylation sites (tertiary alicyclic amines) is 1. The molecule has 1 atom stereocenters. The van der Waals surface area contributed by atoms with Gasteiger partial charge in [-0.05, 0) is 51.1 Å². The number of ether oxygens (including phenoxy) is 1. The second kappa shape index (κ2) is 6.41. The van der Waals surface area contributed by atoms with E-state index in [0.717, 1.165) is 29.4 Å². The van der Waals surface area contributed by atoms with Gasteiger partial charge in [0.15, 0.2) is 0 Å². The molecule has 1 aliphatic rings. The van der Waals surface area contributed by atoms with Gasteiger partial charge in [0, 0.05) is 17.1 Å². The van der Waals surface area contributed by atoms with E-state index in [-0.39, 0.29) is 6.04 Å². The van der Waals surface area contributed by atoms with Gasteiger partial charge in [0.25, 0.3) is 0 Å². The van der Waals surface area contributed by atoms with E-state index in [9.17, 15) is 0 Å². The second-order valence-corrected chi connectivity index (χ2v) is 5.05. The van der Waals surface area contributed by atoms with Crippen molar-refractivity contribution in [2.45, 2.75) is 25.8 Å². The predicted molar refractivity (Wildman–Crippen MR) is 75.2 cm³/mol. The summed E-state index contributed by atoms with van der Waals surface area (Å²) in [4.78, 5) is 2.42. The van der Waals surface area contributed by atoms with Crippen LogP contribution in [0.25, 0.3) is 0 Å². The highest BCUT2D eigenvalue weighted by atomic mass is 35.5. The fraction of sp³-hybridized carbons (Fsp3) is 0.571. The van der Waals surface area contributed by atoms with Gasteiger partial charge in [-0.25, -0.2) is 0 Å². The zero-order valence-electron chi connectivity index (χ0n) is 10.9. The molecule has 2 N–H and O–H groups in total. The molecule has 1 aromatic rings. The molecular weight excluding hydrogens is 248 g/mol. The van der Waals surface area contributed by atoms with Crippen LogP contribution in [-0.2, 0) is 0 Å². The molecule has 1 unspecified atom stereocenters. The number of halogens is 1. The highest BCUT2D eigenvalue weighted by molar-refractivity contribution is 6.30. The lowest BCUT2D eigenvalue weighted by molar-refractivity contribution is 0.241. The quantitative estimate of drug-likeness (QED) is 0.892. The van der Waals surface area contributed by atoms with Crippen LogP contribution >= 0.6 is 11.6 Å². The monoisotopic (exact) mass is 268 g/mol. The van der Waals surface area contributed by atoms with Crippen LogP contribution in [0.15, 0.2) is 18.2 Å². The lowest BCUT2D eigenvalue weighted by atomic mass is 10.0. The Morgan fingerprint density at radius 3 is 2.72 bits per heavy atom. The van der Waals surface area contributed by atoms with Gasteiger partial charge < -0.3 is 10.5 Å². The van der Waals surface area contributed by atoms with Gasteiger partial charge >= 0.3 is 0 Å². The summed E-state index contributed by atoms with van der Waals surface area (Å²) < 4.78 is 5.69. The predicted octanol–water partition coefficient (Wildman–Crippen LogP) is 2.83. The zero-order chi connectivity index (χ0) is 13.0. The number of hydrogen-bond acceptors (Lipinski definition) is 3. The lowest BCUT2D eigenvalue weighted by Gasteiger charge is -2.28. The van der Waals surface area contributed by atoms with E-state index in [1.807, 2.05) is 25.1 Å². The van der Waals surface area contributed by atoms with Crippen LogP contribution in [0.4, 0.5) is 0 Å². The molecule has 0 amide bonds. The van der Waals surface area contributed by atoms with Crippen LogP contribution in [0.5, 0.6) is 5.75 Å². The van der Waals surface area contributed by atoms with E-state index in [4.69, 9.17) is 22.1 Å². The molecule has 4 heteroatoms. The van der Waals surface area contributed by atoms with Crippen molar-refractivity contribution < 1.29 is 4.74 Å². The van der Waals surface area contributed by atoms with Crippen LogP contribution < -0.4 is 10.5 Å². The third kappa shape index (κ3) is 2.97. The van der Waals surface area contributed by atoms with Crippen LogP contribution in [0.2, 0.25) is 5.02 Å². The topological polar surface area (TPSA) is 38.5 Å². The molecule has 1 saturated heterocycles. The van der Waals surface area contributed by atoms with Crippen molar-refractivity contribution in [1.82, 2.24) is 4.90 Å². The maximum atomic E-state index is 6.11. The smallest absolute Gasteiger partial charge is 0.124 e. The number of hydrogen-bond donors (Lipinski definition) is 1. The summed E-state index contributed by atoms with van der Waals surface area (Å²) in [6, 6.07) is 6.02. The van der Waals surface area contributed by atoms with Crippen molar-refractivity contribution in [3.8, 4) is 5.75 Å². The van der Waals surface area contributed by atoms with Crippen molar-refractivity contribution >= 4 is 11.6 Å². The van der Waals surface area contributed by atoms with E-state index in [1.165, 1.54) is 12.8 Å². The minimum absolute atomic E-state index is 0.216. The van der Waals surface area contributed by atoms with Crippen molar-refractivity contribution in [2.75, 3.05) is 26.2 Å². The SMILES string of the molecule is CCOc1ccc(Cl)cc1C(CN)N1CCCC1. The third-order valence-corrected chi connectivity index (χ3v) is 3.67.